The number of esters is 3. The molecule has 72 heavy (non-hydrogen) atoms. The Hall–Kier alpha value is -1.59. The molecule has 6 heteroatoms. The van der Waals surface area contributed by atoms with E-state index in [0.717, 1.165) is 57.8 Å². The van der Waals surface area contributed by atoms with Crippen LogP contribution in [0.25, 0.3) is 0 Å². The molecule has 1 atom stereocenters. The maximum Gasteiger partial charge on any atom is 0.306 e. The summed E-state index contributed by atoms with van der Waals surface area (Å²) in [7, 11) is 0. The highest BCUT2D eigenvalue weighted by molar-refractivity contribution is 5.71. The lowest BCUT2D eigenvalue weighted by molar-refractivity contribution is -0.167. The highest BCUT2D eigenvalue weighted by atomic mass is 16.6. The molecular formula is C66H128O6. The third-order valence-corrected chi connectivity index (χ3v) is 15.4. The van der Waals surface area contributed by atoms with Crippen LogP contribution in [-0.2, 0) is 28.6 Å². The number of hydrogen-bond donors (Lipinski definition) is 0. The molecule has 0 aromatic heterocycles. The van der Waals surface area contributed by atoms with Gasteiger partial charge in [0.05, 0.1) is 0 Å². The zero-order chi connectivity index (χ0) is 52.2. The van der Waals surface area contributed by atoms with Gasteiger partial charge >= 0.3 is 17.9 Å². The summed E-state index contributed by atoms with van der Waals surface area (Å²) in [5, 5.41) is 0. The Bertz CT molecular complexity index is 1080. The smallest absolute Gasteiger partial charge is 0.306 e. The Kier molecular flexibility index (Phi) is 60.6. The van der Waals surface area contributed by atoms with Crippen molar-refractivity contribution in [3.8, 4) is 0 Å². The molecule has 1 unspecified atom stereocenters. The van der Waals surface area contributed by atoms with Crippen molar-refractivity contribution in [1.82, 2.24) is 0 Å². The fourth-order valence-corrected chi connectivity index (χ4v) is 10.4. The quantitative estimate of drug-likeness (QED) is 0.0343. The Morgan fingerprint density at radius 3 is 0.556 bits per heavy atom. The second-order valence-corrected chi connectivity index (χ2v) is 22.8. The fourth-order valence-electron chi connectivity index (χ4n) is 10.4. The summed E-state index contributed by atoms with van der Waals surface area (Å²) < 4.78 is 16.9. The minimum absolute atomic E-state index is 0.0614. The van der Waals surface area contributed by atoms with Gasteiger partial charge in [0.1, 0.15) is 13.2 Å². The highest BCUT2D eigenvalue weighted by Crippen LogP contribution is 2.19. The molecular weight excluding hydrogens is 889 g/mol. The van der Waals surface area contributed by atoms with E-state index in [0.29, 0.717) is 19.3 Å². The first kappa shape index (κ1) is 70.4. The summed E-state index contributed by atoms with van der Waals surface area (Å²) >= 11 is 0. The van der Waals surface area contributed by atoms with Crippen LogP contribution in [0.15, 0.2) is 0 Å². The van der Waals surface area contributed by atoms with Gasteiger partial charge in [0.2, 0.25) is 0 Å². The molecule has 0 fully saturated rings. The SMILES string of the molecule is CCCCCCCCCCCCCCCCCCCCCCCCCCCCC(=O)OCC(COC(=O)CCCCCCCCC)OC(=O)CCCCCCCCCCCCCCCCCCCCCCC. The van der Waals surface area contributed by atoms with Crippen molar-refractivity contribution >= 4 is 17.9 Å². The van der Waals surface area contributed by atoms with Crippen LogP contribution < -0.4 is 0 Å². The number of hydrogen-bond acceptors (Lipinski definition) is 6. The van der Waals surface area contributed by atoms with E-state index in [4.69, 9.17) is 14.2 Å². The predicted molar refractivity (Wildman–Crippen MR) is 312 cm³/mol. The molecule has 0 aromatic carbocycles. The first-order valence-electron chi connectivity index (χ1n) is 33.0. The first-order valence-corrected chi connectivity index (χ1v) is 33.0. The van der Waals surface area contributed by atoms with Crippen LogP contribution in [0.5, 0.6) is 0 Å². The Morgan fingerprint density at radius 2 is 0.375 bits per heavy atom. The van der Waals surface area contributed by atoms with E-state index in [1.54, 1.807) is 0 Å². The van der Waals surface area contributed by atoms with Crippen LogP contribution in [0.4, 0.5) is 0 Å². The molecule has 0 aromatic rings. The van der Waals surface area contributed by atoms with E-state index in [1.807, 2.05) is 0 Å². The van der Waals surface area contributed by atoms with Crippen LogP contribution in [-0.4, -0.2) is 37.2 Å². The average molecular weight is 1020 g/mol. The normalized spacial score (nSPS) is 11.9. The average Bonchev–Trinajstić information content (AvgIpc) is 3.38. The van der Waals surface area contributed by atoms with Crippen molar-refractivity contribution in [3.05, 3.63) is 0 Å². The zero-order valence-corrected chi connectivity index (χ0v) is 49.2. The summed E-state index contributed by atoms with van der Waals surface area (Å²) in [5.74, 6) is -0.836. The van der Waals surface area contributed by atoms with Crippen molar-refractivity contribution in [3.63, 3.8) is 0 Å². The molecule has 0 aliphatic heterocycles. The van der Waals surface area contributed by atoms with E-state index >= 15 is 0 Å². The van der Waals surface area contributed by atoms with Crippen LogP contribution in [0, 0.1) is 0 Å². The van der Waals surface area contributed by atoms with Gasteiger partial charge in [0, 0.05) is 19.3 Å². The molecule has 0 saturated carbocycles. The molecule has 0 rings (SSSR count). The monoisotopic (exact) mass is 1020 g/mol. The van der Waals surface area contributed by atoms with E-state index in [2.05, 4.69) is 20.8 Å². The molecule has 0 amide bonds. The Morgan fingerprint density at radius 1 is 0.222 bits per heavy atom. The molecule has 0 aliphatic carbocycles. The van der Waals surface area contributed by atoms with Crippen molar-refractivity contribution in [2.75, 3.05) is 13.2 Å². The van der Waals surface area contributed by atoms with Crippen LogP contribution >= 0.6 is 0 Å². The second kappa shape index (κ2) is 62.0. The van der Waals surface area contributed by atoms with Gasteiger partial charge in [-0.1, -0.05) is 348 Å². The van der Waals surface area contributed by atoms with Crippen molar-refractivity contribution in [1.29, 1.82) is 0 Å². The number of carbonyl (C=O) groups excluding carboxylic acids is 3. The summed E-state index contributed by atoms with van der Waals surface area (Å²) in [6.45, 7) is 6.68. The van der Waals surface area contributed by atoms with Gasteiger partial charge in [-0.15, -0.1) is 0 Å². The Balaban J connectivity index is 4.02. The van der Waals surface area contributed by atoms with E-state index in [1.165, 1.54) is 289 Å². The molecule has 0 heterocycles. The topological polar surface area (TPSA) is 78.9 Å². The first-order chi connectivity index (χ1) is 35.5. The lowest BCUT2D eigenvalue weighted by Gasteiger charge is -2.18. The van der Waals surface area contributed by atoms with Gasteiger partial charge in [-0.25, -0.2) is 0 Å². The molecule has 0 spiro atoms. The summed E-state index contributed by atoms with van der Waals surface area (Å²) in [6.07, 6.45) is 71.5. The fraction of sp³-hybridized carbons (Fsp3) is 0.955. The lowest BCUT2D eigenvalue weighted by Crippen LogP contribution is -2.30. The number of rotatable bonds is 62. The van der Waals surface area contributed by atoms with Gasteiger partial charge in [0.15, 0.2) is 6.10 Å². The number of ether oxygens (including phenoxy) is 3. The molecule has 0 N–H and O–H groups in total. The van der Waals surface area contributed by atoms with Gasteiger partial charge in [-0.3, -0.25) is 14.4 Å². The highest BCUT2D eigenvalue weighted by Gasteiger charge is 2.19. The van der Waals surface area contributed by atoms with Crippen molar-refractivity contribution in [2.24, 2.45) is 0 Å². The number of carbonyl (C=O) groups is 3. The molecule has 0 bridgehead atoms. The maximum atomic E-state index is 12.9. The van der Waals surface area contributed by atoms with Crippen LogP contribution in [0.3, 0.4) is 0 Å². The zero-order valence-electron chi connectivity index (χ0n) is 49.2. The van der Waals surface area contributed by atoms with Crippen LogP contribution in [0.1, 0.15) is 387 Å². The summed E-state index contributed by atoms with van der Waals surface area (Å²) in [5.41, 5.74) is 0. The maximum absolute atomic E-state index is 12.9. The third kappa shape index (κ3) is 59.3. The van der Waals surface area contributed by atoms with E-state index < -0.39 is 6.10 Å². The molecule has 6 nitrogen and oxygen atoms in total. The van der Waals surface area contributed by atoms with E-state index in [-0.39, 0.29) is 31.1 Å². The number of unbranched alkanes of at least 4 members (excludes halogenated alkanes) is 51. The minimum atomic E-state index is -0.761. The third-order valence-electron chi connectivity index (χ3n) is 15.4. The summed E-state index contributed by atoms with van der Waals surface area (Å²) in [4.78, 5) is 38.1. The minimum Gasteiger partial charge on any atom is -0.462 e. The van der Waals surface area contributed by atoms with Crippen molar-refractivity contribution in [2.45, 2.75) is 393 Å². The standard InChI is InChI=1S/C66H128O6/c1-4-7-10-13-16-18-20-22-24-26-28-30-31-32-33-34-36-37-39-41-43-45-47-50-53-56-59-65(68)71-62-63(61-70-64(67)58-55-52-49-15-12-9-6-3)72-66(69)60-57-54-51-48-46-44-42-40-38-35-29-27-25-23-21-19-17-14-11-8-5-2/h63H,4-62H2,1-3H3. The Labute approximate surface area is 450 Å². The molecule has 428 valence electrons. The molecule has 0 radical (unpaired) electrons. The van der Waals surface area contributed by atoms with Crippen molar-refractivity contribution < 1.29 is 28.6 Å². The summed E-state index contributed by atoms with van der Waals surface area (Å²) in [6, 6.07) is 0. The van der Waals surface area contributed by atoms with Crippen LogP contribution in [0.2, 0.25) is 0 Å². The van der Waals surface area contributed by atoms with Gasteiger partial charge in [0.25, 0.3) is 0 Å². The molecule has 0 saturated heterocycles. The van der Waals surface area contributed by atoms with Gasteiger partial charge in [-0.05, 0) is 19.3 Å². The lowest BCUT2D eigenvalue weighted by atomic mass is 10.0. The predicted octanol–water partition coefficient (Wildman–Crippen LogP) is 22.3. The van der Waals surface area contributed by atoms with E-state index in [9.17, 15) is 14.4 Å². The second-order valence-electron chi connectivity index (χ2n) is 22.8. The van der Waals surface area contributed by atoms with Gasteiger partial charge < -0.3 is 14.2 Å². The largest absolute Gasteiger partial charge is 0.462 e. The van der Waals surface area contributed by atoms with Gasteiger partial charge in [-0.2, -0.15) is 0 Å². The molecule has 0 aliphatic rings.